The Kier molecular flexibility index (Phi) is 8.83. The number of hydrogen-bond acceptors (Lipinski definition) is 6. The van der Waals surface area contributed by atoms with E-state index in [-0.39, 0.29) is 25.4 Å². The zero-order chi connectivity index (χ0) is 16.5. The predicted octanol–water partition coefficient (Wildman–Crippen LogP) is 1.96. The molecule has 0 aliphatic rings. The summed E-state index contributed by atoms with van der Waals surface area (Å²) in [7, 11) is -2.39. The van der Waals surface area contributed by atoms with E-state index in [1.54, 1.807) is 13.8 Å². The third-order valence-corrected chi connectivity index (χ3v) is 4.02. The fourth-order valence-electron chi connectivity index (χ4n) is 1.24. The Labute approximate surface area is 127 Å². The van der Waals surface area contributed by atoms with Crippen molar-refractivity contribution < 1.29 is 27.9 Å². The molecule has 120 valence electrons. The highest BCUT2D eigenvalue weighted by Crippen LogP contribution is 2.10. The lowest BCUT2D eigenvalue weighted by Gasteiger charge is -2.26. The summed E-state index contributed by atoms with van der Waals surface area (Å²) in [6.07, 6.45) is 1.43. The molecule has 0 aliphatic carbocycles. The van der Waals surface area contributed by atoms with Crippen LogP contribution in [0.1, 0.15) is 13.8 Å². The Hall–Kier alpha value is -1.44. The van der Waals surface area contributed by atoms with Gasteiger partial charge in [0.05, 0.1) is 13.2 Å². The lowest BCUT2D eigenvalue weighted by atomic mass is 10.4. The van der Waals surface area contributed by atoms with E-state index >= 15 is 0 Å². The van der Waals surface area contributed by atoms with E-state index in [0.29, 0.717) is 0 Å². The van der Waals surface area contributed by atoms with E-state index in [4.69, 9.17) is 18.3 Å². The second-order valence-corrected chi connectivity index (χ2v) is 8.30. The van der Waals surface area contributed by atoms with Gasteiger partial charge in [-0.25, -0.2) is 9.59 Å². The summed E-state index contributed by atoms with van der Waals surface area (Å²) in [4.78, 5) is 22.0. The fraction of sp³-hybridized carbons (Fsp3) is 0.571. The molecule has 6 nitrogen and oxygen atoms in total. The van der Waals surface area contributed by atoms with Gasteiger partial charge in [-0.15, -0.1) is 0 Å². The molecule has 0 radical (unpaired) electrons. The first-order valence-electron chi connectivity index (χ1n) is 6.64. The van der Waals surface area contributed by atoms with Gasteiger partial charge in [0.1, 0.15) is 12.2 Å². The van der Waals surface area contributed by atoms with Crippen molar-refractivity contribution in [3.63, 3.8) is 0 Å². The number of rotatable bonds is 10. The van der Waals surface area contributed by atoms with Gasteiger partial charge in [0.15, 0.2) is 0 Å². The predicted molar refractivity (Wildman–Crippen MR) is 80.9 cm³/mol. The monoisotopic (exact) mass is 316 g/mol. The van der Waals surface area contributed by atoms with E-state index in [9.17, 15) is 9.59 Å². The fourth-order valence-corrected chi connectivity index (χ4v) is 2.59. The molecule has 2 unspecified atom stereocenters. The van der Waals surface area contributed by atoms with Crippen LogP contribution >= 0.6 is 0 Å². The molecule has 0 bridgehead atoms. The average Bonchev–Trinajstić information content (AvgIpc) is 2.43. The average molecular weight is 316 g/mol. The maximum absolute atomic E-state index is 11.0. The summed E-state index contributed by atoms with van der Waals surface area (Å²) in [6, 6.07) is 0. The molecular weight excluding hydrogens is 292 g/mol. The number of ether oxygens (including phenoxy) is 2. The minimum absolute atomic E-state index is 0.236. The lowest BCUT2D eigenvalue weighted by Crippen LogP contribution is -2.40. The van der Waals surface area contributed by atoms with Crippen molar-refractivity contribution in [3.05, 3.63) is 25.3 Å². The maximum atomic E-state index is 11.0. The van der Waals surface area contributed by atoms with Crippen molar-refractivity contribution in [2.75, 3.05) is 13.2 Å². The van der Waals surface area contributed by atoms with Gasteiger partial charge >= 0.3 is 20.5 Å². The highest BCUT2D eigenvalue weighted by atomic mass is 28.4. The summed E-state index contributed by atoms with van der Waals surface area (Å²) in [5, 5.41) is 0. The zero-order valence-electron chi connectivity index (χ0n) is 13.1. The molecule has 0 saturated heterocycles. The first kappa shape index (κ1) is 19.6. The largest absolute Gasteiger partial charge is 0.457 e. The Morgan fingerprint density at radius 2 is 1.29 bits per heavy atom. The molecular formula is C14H24O6Si. The molecule has 21 heavy (non-hydrogen) atoms. The van der Waals surface area contributed by atoms with E-state index < -0.39 is 20.5 Å². The maximum Gasteiger partial charge on any atom is 0.331 e. The van der Waals surface area contributed by atoms with Gasteiger partial charge in [0.25, 0.3) is 0 Å². The van der Waals surface area contributed by atoms with Gasteiger partial charge < -0.3 is 18.3 Å². The first-order valence-corrected chi connectivity index (χ1v) is 9.46. The molecule has 0 aliphatic heterocycles. The molecule has 7 heteroatoms. The van der Waals surface area contributed by atoms with E-state index in [1.807, 2.05) is 13.1 Å². The van der Waals surface area contributed by atoms with Crippen LogP contribution in [0.25, 0.3) is 0 Å². The van der Waals surface area contributed by atoms with Crippen LogP contribution in [0.4, 0.5) is 0 Å². The van der Waals surface area contributed by atoms with Crippen LogP contribution in [0.5, 0.6) is 0 Å². The van der Waals surface area contributed by atoms with Crippen LogP contribution in [-0.2, 0) is 27.9 Å². The second-order valence-electron chi connectivity index (χ2n) is 4.93. The van der Waals surface area contributed by atoms with Gasteiger partial charge in [-0.05, 0) is 26.9 Å². The molecule has 0 amide bonds. The summed E-state index contributed by atoms with van der Waals surface area (Å²) in [5.74, 6) is -0.979. The van der Waals surface area contributed by atoms with Gasteiger partial charge in [-0.2, -0.15) is 0 Å². The van der Waals surface area contributed by atoms with Crippen LogP contribution < -0.4 is 0 Å². The van der Waals surface area contributed by atoms with E-state index in [0.717, 1.165) is 12.2 Å². The SMILES string of the molecule is C=CC(=O)OC(C)CO[Si](C)(C)OCC(C)OC(=O)C=C. The number of esters is 2. The Morgan fingerprint density at radius 3 is 1.57 bits per heavy atom. The van der Waals surface area contributed by atoms with Crippen molar-refractivity contribution in [3.8, 4) is 0 Å². The molecule has 0 fully saturated rings. The molecule has 0 heterocycles. The molecule has 0 aromatic carbocycles. The zero-order valence-corrected chi connectivity index (χ0v) is 14.1. The summed E-state index contributed by atoms with van der Waals surface area (Å²) >= 11 is 0. The second kappa shape index (κ2) is 9.49. The summed E-state index contributed by atoms with van der Waals surface area (Å²) < 4.78 is 21.3. The van der Waals surface area contributed by atoms with Crippen LogP contribution in [0, 0.1) is 0 Å². The molecule has 0 saturated carbocycles. The van der Waals surface area contributed by atoms with Crippen molar-refractivity contribution in [1.82, 2.24) is 0 Å². The van der Waals surface area contributed by atoms with Crippen molar-refractivity contribution in [2.45, 2.75) is 39.1 Å². The van der Waals surface area contributed by atoms with Crippen LogP contribution in [0.15, 0.2) is 25.3 Å². The number of carbonyl (C=O) groups excluding carboxylic acids is 2. The van der Waals surface area contributed by atoms with Gasteiger partial charge in [0.2, 0.25) is 0 Å². The minimum Gasteiger partial charge on any atom is -0.457 e. The van der Waals surface area contributed by atoms with Crippen LogP contribution in [0.3, 0.4) is 0 Å². The number of hydrogen-bond donors (Lipinski definition) is 0. The highest BCUT2D eigenvalue weighted by molar-refractivity contribution is 6.64. The smallest absolute Gasteiger partial charge is 0.331 e. The topological polar surface area (TPSA) is 71.1 Å². The quantitative estimate of drug-likeness (QED) is 0.348. The normalized spacial score (nSPS) is 13.9. The highest BCUT2D eigenvalue weighted by Gasteiger charge is 2.27. The van der Waals surface area contributed by atoms with E-state index in [1.165, 1.54) is 0 Å². The van der Waals surface area contributed by atoms with E-state index in [2.05, 4.69) is 13.2 Å². The van der Waals surface area contributed by atoms with Crippen LogP contribution in [-0.4, -0.2) is 45.9 Å². The molecule has 0 spiro atoms. The molecule has 0 aromatic heterocycles. The van der Waals surface area contributed by atoms with Gasteiger partial charge in [0, 0.05) is 12.2 Å². The first-order chi connectivity index (χ1) is 9.70. The number of carbonyl (C=O) groups is 2. The van der Waals surface area contributed by atoms with Crippen LogP contribution in [0.2, 0.25) is 13.1 Å². The van der Waals surface area contributed by atoms with Gasteiger partial charge in [-0.3, -0.25) is 0 Å². The van der Waals surface area contributed by atoms with Crippen molar-refractivity contribution in [1.29, 1.82) is 0 Å². The lowest BCUT2D eigenvalue weighted by molar-refractivity contribution is -0.143. The summed E-state index contributed by atoms with van der Waals surface area (Å²) in [5.41, 5.74) is 0. The Bertz CT molecular complexity index is 346. The van der Waals surface area contributed by atoms with Crippen molar-refractivity contribution in [2.24, 2.45) is 0 Å². The van der Waals surface area contributed by atoms with Gasteiger partial charge in [-0.1, -0.05) is 13.2 Å². The summed E-state index contributed by atoms with van der Waals surface area (Å²) in [6.45, 7) is 14.3. The minimum atomic E-state index is -2.39. The standard InChI is InChI=1S/C14H24O6Si/c1-7-13(15)19-11(3)9-17-21(5,6)18-10-12(4)20-14(16)8-2/h7-8,11-12H,1-2,9-10H2,3-6H3. The Balaban J connectivity index is 4.07. The van der Waals surface area contributed by atoms with Crippen molar-refractivity contribution >= 4 is 20.5 Å². The molecule has 0 rings (SSSR count). The Morgan fingerprint density at radius 1 is 0.952 bits per heavy atom. The third-order valence-electron chi connectivity index (χ3n) is 2.30. The molecule has 0 N–H and O–H groups in total. The molecule has 2 atom stereocenters. The molecule has 0 aromatic rings. The third kappa shape index (κ3) is 10.00.